The highest BCUT2D eigenvalue weighted by Gasteiger charge is 2.30. The van der Waals surface area contributed by atoms with Crippen molar-refractivity contribution >= 4 is 19.7 Å². The van der Waals surface area contributed by atoms with Crippen molar-refractivity contribution in [2.45, 2.75) is 303 Å². The highest BCUT2D eigenvalue weighted by Crippen LogP contribution is 2.43. The summed E-state index contributed by atoms with van der Waals surface area (Å²) >= 11 is 0. The molecule has 0 fully saturated rings. The average molecular weight is 1070 g/mol. The van der Waals surface area contributed by atoms with Crippen LogP contribution in [0.5, 0.6) is 0 Å². The van der Waals surface area contributed by atoms with Crippen LogP contribution in [0.3, 0.4) is 0 Å². The molecule has 0 aromatic rings. The Hall–Kier alpha value is -2.29. The summed E-state index contributed by atoms with van der Waals surface area (Å²) < 4.78 is 30.7. The number of phosphoric acid groups is 1. The van der Waals surface area contributed by atoms with E-state index in [1.54, 1.807) is 0 Å². The maximum absolute atomic E-state index is 13.5. The Kier molecular flexibility index (Phi) is 53.4. The SMILES string of the molecule is CCCCC/C=C\C/C=C\CCCCCCCCCCCC(=O)OC(/C=C/CCCCCCCCCCCCC)C(COP(=O)(O)OCC[N+](C)(C)C)NC(=O)CCCCCCCCC/C=C\C/C=C\CCCCC. The van der Waals surface area contributed by atoms with E-state index in [0.717, 1.165) is 83.5 Å². The number of carbonyl (C=O) groups excluding carboxylic acids is 2. The van der Waals surface area contributed by atoms with E-state index < -0.39 is 20.0 Å². The molecular formula is C65H122N2O7P+. The number of hydrogen-bond acceptors (Lipinski definition) is 6. The molecule has 0 aliphatic carbocycles. The molecule has 0 radical (unpaired) electrons. The van der Waals surface area contributed by atoms with Crippen LogP contribution in [0.25, 0.3) is 0 Å². The zero-order valence-electron chi connectivity index (χ0n) is 50.0. The van der Waals surface area contributed by atoms with Gasteiger partial charge in [-0.1, -0.05) is 242 Å². The van der Waals surface area contributed by atoms with E-state index in [9.17, 15) is 19.0 Å². The fourth-order valence-electron chi connectivity index (χ4n) is 9.00. The molecule has 1 amide bonds. The molecule has 75 heavy (non-hydrogen) atoms. The Balaban J connectivity index is 5.29. The van der Waals surface area contributed by atoms with Gasteiger partial charge in [0.2, 0.25) is 5.91 Å². The maximum Gasteiger partial charge on any atom is 0.472 e. The number of amides is 1. The van der Waals surface area contributed by atoms with E-state index in [4.69, 9.17) is 13.8 Å². The van der Waals surface area contributed by atoms with Gasteiger partial charge >= 0.3 is 13.8 Å². The molecule has 0 aliphatic rings. The predicted octanol–water partition coefficient (Wildman–Crippen LogP) is 19.4. The van der Waals surface area contributed by atoms with Gasteiger partial charge in [-0.2, -0.15) is 0 Å². The molecule has 0 saturated carbocycles. The summed E-state index contributed by atoms with van der Waals surface area (Å²) in [4.78, 5) is 37.7. The number of allylic oxidation sites excluding steroid dienone is 9. The van der Waals surface area contributed by atoms with Gasteiger partial charge in [-0.25, -0.2) is 4.57 Å². The molecule has 3 unspecified atom stereocenters. The number of likely N-dealkylation sites (N-methyl/N-ethyl adjacent to an activating group) is 1. The Morgan fingerprint density at radius 3 is 1.23 bits per heavy atom. The summed E-state index contributed by atoms with van der Waals surface area (Å²) in [7, 11) is 1.49. The number of quaternary nitrogens is 1. The average Bonchev–Trinajstić information content (AvgIpc) is 3.37. The third kappa shape index (κ3) is 56.2. The number of hydrogen-bond donors (Lipinski definition) is 2. The Morgan fingerprint density at radius 1 is 0.467 bits per heavy atom. The van der Waals surface area contributed by atoms with Gasteiger partial charge in [0, 0.05) is 12.8 Å². The van der Waals surface area contributed by atoms with E-state index >= 15 is 0 Å². The van der Waals surface area contributed by atoms with Gasteiger partial charge in [0.15, 0.2) is 0 Å². The molecule has 0 spiro atoms. The summed E-state index contributed by atoms with van der Waals surface area (Å²) in [5, 5.41) is 3.06. The van der Waals surface area contributed by atoms with Crippen molar-refractivity contribution in [1.29, 1.82) is 0 Å². The van der Waals surface area contributed by atoms with Gasteiger partial charge < -0.3 is 19.4 Å². The van der Waals surface area contributed by atoms with Crippen LogP contribution in [0.15, 0.2) is 60.8 Å². The highest BCUT2D eigenvalue weighted by molar-refractivity contribution is 7.47. The lowest BCUT2D eigenvalue weighted by Crippen LogP contribution is -2.47. The summed E-state index contributed by atoms with van der Waals surface area (Å²) in [5.74, 6) is -0.513. The third-order valence-corrected chi connectivity index (χ3v) is 14.9. The zero-order chi connectivity index (χ0) is 55.0. The minimum Gasteiger partial charge on any atom is -0.456 e. The lowest BCUT2D eigenvalue weighted by Gasteiger charge is -2.27. The van der Waals surface area contributed by atoms with Gasteiger partial charge in [0.1, 0.15) is 19.3 Å². The smallest absolute Gasteiger partial charge is 0.456 e. The second-order valence-corrected chi connectivity index (χ2v) is 24.0. The summed E-state index contributed by atoms with van der Waals surface area (Å²) in [6.45, 7) is 6.97. The maximum atomic E-state index is 13.5. The van der Waals surface area contributed by atoms with Crippen LogP contribution in [-0.4, -0.2) is 74.3 Å². The van der Waals surface area contributed by atoms with Gasteiger partial charge in [-0.05, 0) is 96.0 Å². The molecule has 0 rings (SSSR count). The Bertz CT molecular complexity index is 1470. The minimum atomic E-state index is -4.45. The van der Waals surface area contributed by atoms with Crippen LogP contribution < -0.4 is 5.32 Å². The van der Waals surface area contributed by atoms with Crippen molar-refractivity contribution < 1.29 is 37.3 Å². The molecule has 0 aliphatic heterocycles. The van der Waals surface area contributed by atoms with Crippen LogP contribution in [-0.2, 0) is 27.9 Å². The van der Waals surface area contributed by atoms with Crippen LogP contribution >= 0.6 is 7.82 Å². The molecule has 438 valence electrons. The number of rotatable bonds is 57. The van der Waals surface area contributed by atoms with Crippen LogP contribution in [0, 0.1) is 0 Å². The number of nitrogens with zero attached hydrogens (tertiary/aromatic N) is 1. The van der Waals surface area contributed by atoms with Crippen molar-refractivity contribution in [3.05, 3.63) is 60.8 Å². The number of ether oxygens (including phenoxy) is 1. The predicted molar refractivity (Wildman–Crippen MR) is 323 cm³/mol. The molecule has 0 heterocycles. The number of phosphoric ester groups is 1. The summed E-state index contributed by atoms with van der Waals surface area (Å²) in [5.41, 5.74) is 0. The first-order valence-corrected chi connectivity index (χ1v) is 33.1. The van der Waals surface area contributed by atoms with Crippen molar-refractivity contribution in [1.82, 2.24) is 5.32 Å². The quantitative estimate of drug-likeness (QED) is 0.0205. The summed E-state index contributed by atoms with van der Waals surface area (Å²) in [6.07, 6.45) is 69.2. The number of esters is 1. The lowest BCUT2D eigenvalue weighted by atomic mass is 10.0. The normalized spacial score (nSPS) is 14.1. The first kappa shape index (κ1) is 72.7. The van der Waals surface area contributed by atoms with Crippen LogP contribution in [0.2, 0.25) is 0 Å². The van der Waals surface area contributed by atoms with Crippen LogP contribution in [0.4, 0.5) is 0 Å². The van der Waals surface area contributed by atoms with E-state index in [1.807, 2.05) is 33.3 Å². The minimum absolute atomic E-state index is 0.0370. The summed E-state index contributed by atoms with van der Waals surface area (Å²) in [6, 6.07) is -0.855. The molecule has 2 N–H and O–H groups in total. The largest absolute Gasteiger partial charge is 0.472 e. The van der Waals surface area contributed by atoms with E-state index in [1.165, 1.54) is 173 Å². The van der Waals surface area contributed by atoms with Crippen molar-refractivity contribution in [3.8, 4) is 0 Å². The molecule has 3 atom stereocenters. The van der Waals surface area contributed by atoms with Gasteiger partial charge in [0.25, 0.3) is 0 Å². The molecule has 0 bridgehead atoms. The number of nitrogens with one attached hydrogen (secondary N) is 1. The van der Waals surface area contributed by atoms with Gasteiger partial charge in [0.05, 0.1) is 33.8 Å². The second-order valence-electron chi connectivity index (χ2n) is 22.6. The Labute approximate surface area is 464 Å². The van der Waals surface area contributed by atoms with Crippen molar-refractivity contribution in [2.24, 2.45) is 0 Å². The van der Waals surface area contributed by atoms with Gasteiger partial charge in [-0.15, -0.1) is 0 Å². The Morgan fingerprint density at radius 2 is 0.813 bits per heavy atom. The topological polar surface area (TPSA) is 111 Å². The number of carbonyl (C=O) groups is 2. The molecule has 10 heteroatoms. The fourth-order valence-corrected chi connectivity index (χ4v) is 9.74. The van der Waals surface area contributed by atoms with E-state index in [2.05, 4.69) is 74.7 Å². The first-order valence-electron chi connectivity index (χ1n) is 31.6. The van der Waals surface area contributed by atoms with Gasteiger partial charge in [-0.3, -0.25) is 18.6 Å². The monoisotopic (exact) mass is 1070 g/mol. The molecule has 0 aromatic carbocycles. The lowest BCUT2D eigenvalue weighted by molar-refractivity contribution is -0.870. The zero-order valence-corrected chi connectivity index (χ0v) is 50.9. The fraction of sp³-hybridized carbons (Fsp3) is 0.815. The molecule has 0 aromatic heterocycles. The molecule has 9 nitrogen and oxygen atoms in total. The van der Waals surface area contributed by atoms with E-state index in [0.29, 0.717) is 17.4 Å². The van der Waals surface area contributed by atoms with Crippen molar-refractivity contribution in [2.75, 3.05) is 40.9 Å². The third-order valence-electron chi connectivity index (χ3n) is 13.9. The molecule has 0 saturated heterocycles. The van der Waals surface area contributed by atoms with E-state index in [-0.39, 0.29) is 31.5 Å². The number of unbranched alkanes of at least 4 members (excludes halogenated alkanes) is 33. The van der Waals surface area contributed by atoms with Crippen LogP contribution in [0.1, 0.15) is 290 Å². The highest BCUT2D eigenvalue weighted by atomic mass is 31.2. The standard InChI is InChI=1S/C65H121N2O7P/c1-7-10-13-16-19-22-25-28-30-32-33-35-37-40-43-46-49-52-55-58-65(69)74-63(56-53-50-47-44-41-38-27-24-21-18-15-12-9-3)62(61-73-75(70,71)72-60-59-67(4,5)6)66-64(68)57-54-51-48-45-42-39-36-34-31-29-26-23-20-17-14-11-8-2/h19-20,22-23,28-31,53,56,62-63H,7-18,21,24-27,32-52,54-55,57-61H2,1-6H3,(H-,66,68,70,71)/p+1/b22-19-,23-20-,30-28-,31-29-,56-53+. The van der Waals surface area contributed by atoms with Crippen molar-refractivity contribution in [3.63, 3.8) is 0 Å². The molecular weight excluding hydrogens is 952 g/mol. The second kappa shape index (κ2) is 55.0. The first-order chi connectivity index (χ1) is 36.4.